The van der Waals surface area contributed by atoms with Crippen molar-refractivity contribution < 1.29 is 9.53 Å². The van der Waals surface area contributed by atoms with Gasteiger partial charge in [-0.2, -0.15) is 5.10 Å². The smallest absolute Gasteiger partial charge is 0.246 e. The van der Waals surface area contributed by atoms with Gasteiger partial charge in [-0.25, -0.2) is 14.6 Å². The second kappa shape index (κ2) is 6.95. The summed E-state index contributed by atoms with van der Waals surface area (Å²) >= 11 is 0. The summed E-state index contributed by atoms with van der Waals surface area (Å²) in [5, 5.41) is 5.55. The number of amides is 1. The molecule has 0 radical (unpaired) electrons. The molecule has 1 aliphatic heterocycles. The van der Waals surface area contributed by atoms with Crippen molar-refractivity contribution in [1.82, 2.24) is 24.6 Å². The lowest BCUT2D eigenvalue weighted by Gasteiger charge is -2.14. The van der Waals surface area contributed by atoms with Crippen molar-refractivity contribution in [3.05, 3.63) is 42.7 Å². The first-order chi connectivity index (χ1) is 13.5. The number of ether oxygens (including phenoxy) is 1. The molecule has 4 rings (SSSR count). The molecule has 0 bridgehead atoms. The number of nitrogens with two attached hydrogens (primary N) is 1. The predicted molar refractivity (Wildman–Crippen MR) is 107 cm³/mol. The van der Waals surface area contributed by atoms with Gasteiger partial charge in [-0.3, -0.25) is 4.79 Å². The molecule has 0 unspecified atom stereocenters. The molecular weight excluding hydrogens is 356 g/mol. The number of anilines is 1. The standard InChI is InChI=1S/C20H22N6O2/c1-4-16(27)25-8-7-14(10-25)26-20-17(19(21)22-11-23-20)18(24-26)13-6-5-12(2)15(9-13)28-3/h4-6,9,11,14H,1,7-8,10H2,2-3H3,(H2,21,22,23)/t14-/m1/s1. The predicted octanol–water partition coefficient (Wildman–Crippen LogP) is 2.35. The Morgan fingerprint density at radius 2 is 2.21 bits per heavy atom. The molecular formula is C20H22N6O2. The Morgan fingerprint density at radius 3 is 2.96 bits per heavy atom. The third-order valence-corrected chi connectivity index (χ3v) is 5.20. The van der Waals surface area contributed by atoms with Gasteiger partial charge in [0.25, 0.3) is 0 Å². The molecule has 1 aromatic carbocycles. The molecule has 3 aromatic rings. The maximum Gasteiger partial charge on any atom is 0.246 e. The van der Waals surface area contributed by atoms with E-state index in [1.165, 1.54) is 12.4 Å². The van der Waals surface area contributed by atoms with Crippen LogP contribution in [0.15, 0.2) is 37.2 Å². The molecule has 2 N–H and O–H groups in total. The fourth-order valence-electron chi connectivity index (χ4n) is 3.69. The Bertz CT molecular complexity index is 1070. The number of rotatable bonds is 4. The summed E-state index contributed by atoms with van der Waals surface area (Å²) in [6.07, 6.45) is 3.57. The number of carbonyl (C=O) groups is 1. The number of benzene rings is 1. The minimum absolute atomic E-state index is 0.0155. The third kappa shape index (κ3) is 2.87. The second-order valence-electron chi connectivity index (χ2n) is 6.87. The summed E-state index contributed by atoms with van der Waals surface area (Å²) in [4.78, 5) is 22.3. The highest BCUT2D eigenvalue weighted by Crippen LogP contribution is 2.35. The van der Waals surface area contributed by atoms with Gasteiger partial charge in [0.05, 0.1) is 18.5 Å². The van der Waals surface area contributed by atoms with Crippen molar-refractivity contribution in [1.29, 1.82) is 0 Å². The van der Waals surface area contributed by atoms with Gasteiger partial charge in [0.2, 0.25) is 5.91 Å². The second-order valence-corrected chi connectivity index (χ2v) is 6.87. The Hall–Kier alpha value is -3.42. The molecule has 1 fully saturated rings. The van der Waals surface area contributed by atoms with Gasteiger partial charge < -0.3 is 15.4 Å². The fourth-order valence-corrected chi connectivity index (χ4v) is 3.69. The average molecular weight is 378 g/mol. The van der Waals surface area contributed by atoms with E-state index in [1.807, 2.05) is 29.8 Å². The van der Waals surface area contributed by atoms with Crippen molar-refractivity contribution in [2.45, 2.75) is 19.4 Å². The van der Waals surface area contributed by atoms with Crippen molar-refractivity contribution in [2.75, 3.05) is 25.9 Å². The zero-order valence-corrected chi connectivity index (χ0v) is 15.9. The van der Waals surface area contributed by atoms with Crippen molar-refractivity contribution in [3.8, 4) is 17.0 Å². The summed E-state index contributed by atoms with van der Waals surface area (Å²) in [5.41, 5.74) is 9.48. The lowest BCUT2D eigenvalue weighted by atomic mass is 10.1. The number of nitrogens with zero attached hydrogens (tertiary/aromatic N) is 5. The van der Waals surface area contributed by atoms with Crippen LogP contribution in [0.3, 0.4) is 0 Å². The van der Waals surface area contributed by atoms with E-state index in [0.717, 1.165) is 23.3 Å². The number of hydrogen-bond donors (Lipinski definition) is 1. The number of carbonyl (C=O) groups excluding carboxylic acids is 1. The number of aryl methyl sites for hydroxylation is 1. The summed E-state index contributed by atoms with van der Waals surface area (Å²) in [7, 11) is 1.64. The topological polar surface area (TPSA) is 99.2 Å². The minimum Gasteiger partial charge on any atom is -0.496 e. The van der Waals surface area contributed by atoms with Gasteiger partial charge in [-0.15, -0.1) is 0 Å². The maximum atomic E-state index is 12.0. The molecule has 1 amide bonds. The quantitative estimate of drug-likeness (QED) is 0.700. The highest BCUT2D eigenvalue weighted by Gasteiger charge is 2.30. The van der Waals surface area contributed by atoms with Crippen LogP contribution >= 0.6 is 0 Å². The number of nitrogen functional groups attached to an aromatic ring is 1. The van der Waals surface area contributed by atoms with Gasteiger partial charge in [-0.05, 0) is 31.1 Å². The SMILES string of the molecule is C=CC(=O)N1CC[C@@H](n2nc(-c3ccc(C)c(OC)c3)c3c(N)ncnc32)C1. The van der Waals surface area contributed by atoms with Crippen molar-refractivity contribution >= 4 is 22.8 Å². The van der Waals surface area contributed by atoms with Crippen LogP contribution in [0.4, 0.5) is 5.82 Å². The van der Waals surface area contributed by atoms with Crippen LogP contribution < -0.4 is 10.5 Å². The zero-order valence-electron chi connectivity index (χ0n) is 15.9. The van der Waals surface area contributed by atoms with E-state index in [2.05, 4.69) is 16.5 Å². The van der Waals surface area contributed by atoms with Gasteiger partial charge >= 0.3 is 0 Å². The summed E-state index contributed by atoms with van der Waals surface area (Å²) < 4.78 is 7.32. The van der Waals surface area contributed by atoms with E-state index < -0.39 is 0 Å². The molecule has 144 valence electrons. The monoisotopic (exact) mass is 378 g/mol. The highest BCUT2D eigenvalue weighted by atomic mass is 16.5. The molecule has 1 aliphatic rings. The van der Waals surface area contributed by atoms with Crippen LogP contribution in [-0.2, 0) is 4.79 Å². The lowest BCUT2D eigenvalue weighted by Crippen LogP contribution is -2.27. The summed E-state index contributed by atoms with van der Waals surface area (Å²) in [6, 6.07) is 5.93. The van der Waals surface area contributed by atoms with E-state index in [0.29, 0.717) is 35.6 Å². The number of methoxy groups -OCH3 is 1. The molecule has 1 saturated heterocycles. The maximum absolute atomic E-state index is 12.0. The van der Waals surface area contributed by atoms with Gasteiger partial charge in [0.15, 0.2) is 5.65 Å². The normalized spacial score (nSPS) is 16.5. The molecule has 1 atom stereocenters. The number of aromatic nitrogens is 4. The lowest BCUT2D eigenvalue weighted by molar-refractivity contribution is -0.125. The van der Waals surface area contributed by atoms with E-state index in [9.17, 15) is 4.79 Å². The highest BCUT2D eigenvalue weighted by molar-refractivity contribution is 5.98. The van der Waals surface area contributed by atoms with Crippen molar-refractivity contribution in [3.63, 3.8) is 0 Å². The molecule has 28 heavy (non-hydrogen) atoms. The number of likely N-dealkylation sites (tertiary alicyclic amines) is 1. The fraction of sp³-hybridized carbons (Fsp3) is 0.300. The Balaban J connectivity index is 1.83. The van der Waals surface area contributed by atoms with E-state index in [4.69, 9.17) is 15.6 Å². The number of hydrogen-bond acceptors (Lipinski definition) is 6. The molecule has 8 nitrogen and oxygen atoms in total. The van der Waals surface area contributed by atoms with Crippen LogP contribution in [0.1, 0.15) is 18.0 Å². The Kier molecular flexibility index (Phi) is 4.46. The Labute approximate surface area is 162 Å². The van der Waals surface area contributed by atoms with Crippen LogP contribution in [0, 0.1) is 6.92 Å². The first kappa shape index (κ1) is 18.0. The van der Waals surface area contributed by atoms with Gasteiger partial charge in [0, 0.05) is 18.7 Å². The third-order valence-electron chi connectivity index (χ3n) is 5.20. The first-order valence-electron chi connectivity index (χ1n) is 9.08. The van der Waals surface area contributed by atoms with E-state index in [-0.39, 0.29) is 11.9 Å². The van der Waals surface area contributed by atoms with Crippen molar-refractivity contribution in [2.24, 2.45) is 0 Å². The molecule has 0 aliphatic carbocycles. The van der Waals surface area contributed by atoms with Crippen LogP contribution in [0.25, 0.3) is 22.3 Å². The molecule has 0 saturated carbocycles. The number of fused-ring (bicyclic) bond motifs is 1. The minimum atomic E-state index is -0.0726. The van der Waals surface area contributed by atoms with E-state index in [1.54, 1.807) is 12.0 Å². The zero-order chi connectivity index (χ0) is 19.8. The Morgan fingerprint density at radius 1 is 1.39 bits per heavy atom. The van der Waals surface area contributed by atoms with Gasteiger partial charge in [-0.1, -0.05) is 18.7 Å². The first-order valence-corrected chi connectivity index (χ1v) is 9.08. The van der Waals surface area contributed by atoms with Crippen LogP contribution in [-0.4, -0.2) is 50.8 Å². The summed E-state index contributed by atoms with van der Waals surface area (Å²) in [6.45, 7) is 6.77. The van der Waals surface area contributed by atoms with Crippen LogP contribution in [0.5, 0.6) is 5.75 Å². The summed E-state index contributed by atoms with van der Waals surface area (Å²) in [5.74, 6) is 1.08. The molecule has 8 heteroatoms. The molecule has 2 aromatic heterocycles. The molecule has 0 spiro atoms. The van der Waals surface area contributed by atoms with Gasteiger partial charge in [0.1, 0.15) is 23.6 Å². The van der Waals surface area contributed by atoms with Crippen LogP contribution in [0.2, 0.25) is 0 Å². The largest absolute Gasteiger partial charge is 0.496 e. The van der Waals surface area contributed by atoms with E-state index >= 15 is 0 Å². The molecule has 3 heterocycles. The average Bonchev–Trinajstić information content (AvgIpc) is 3.33.